The molecule has 3 N–H and O–H groups in total. The van der Waals surface area contributed by atoms with Gasteiger partial charge in [0, 0.05) is 26.2 Å². The SMILES string of the molecule is O=C(NCCN1CCOCC1)NC(=O)C1C(C(=O)O)[C@@H]2CC[C@H]1O2. The number of imide groups is 1. The fraction of sp³-hybridized carbons (Fsp3) is 0.800. The van der Waals surface area contributed by atoms with E-state index in [1.54, 1.807) is 0 Å². The largest absolute Gasteiger partial charge is 0.481 e. The number of hydrogen-bond acceptors (Lipinski definition) is 6. The summed E-state index contributed by atoms with van der Waals surface area (Å²) >= 11 is 0. The summed E-state index contributed by atoms with van der Waals surface area (Å²) in [4.78, 5) is 37.7. The maximum absolute atomic E-state index is 12.3. The van der Waals surface area contributed by atoms with Crippen LogP contribution in [-0.4, -0.2) is 79.5 Å². The number of carbonyl (C=O) groups excluding carboxylic acids is 2. The van der Waals surface area contributed by atoms with Crippen LogP contribution in [0.25, 0.3) is 0 Å². The number of aliphatic carboxylic acids is 1. The van der Waals surface area contributed by atoms with Gasteiger partial charge in [0.2, 0.25) is 5.91 Å². The van der Waals surface area contributed by atoms with Crippen LogP contribution in [0.1, 0.15) is 12.8 Å². The molecule has 0 spiro atoms. The first-order valence-electron chi connectivity index (χ1n) is 8.33. The topological polar surface area (TPSA) is 117 Å². The van der Waals surface area contributed by atoms with Crippen molar-refractivity contribution in [3.63, 3.8) is 0 Å². The molecular weight excluding hydrogens is 318 g/mol. The Bertz CT molecular complexity index is 507. The molecule has 3 aliphatic rings. The third-order valence-electron chi connectivity index (χ3n) is 4.92. The van der Waals surface area contributed by atoms with E-state index < -0.39 is 42.0 Å². The molecule has 2 unspecified atom stereocenters. The van der Waals surface area contributed by atoms with E-state index in [1.165, 1.54) is 0 Å². The number of ether oxygens (including phenoxy) is 2. The number of rotatable bonds is 5. The lowest BCUT2D eigenvalue weighted by molar-refractivity contribution is -0.147. The van der Waals surface area contributed by atoms with Gasteiger partial charge in [-0.05, 0) is 12.8 Å². The Hall–Kier alpha value is -1.71. The fourth-order valence-corrected chi connectivity index (χ4v) is 3.72. The number of hydrogen-bond donors (Lipinski definition) is 3. The van der Waals surface area contributed by atoms with Gasteiger partial charge in [-0.25, -0.2) is 4.79 Å². The monoisotopic (exact) mass is 341 g/mol. The summed E-state index contributed by atoms with van der Waals surface area (Å²) in [6.07, 6.45) is 0.479. The van der Waals surface area contributed by atoms with Crippen molar-refractivity contribution in [1.82, 2.24) is 15.5 Å². The van der Waals surface area contributed by atoms with Gasteiger partial charge >= 0.3 is 12.0 Å². The summed E-state index contributed by atoms with van der Waals surface area (Å²) in [5.74, 6) is -3.29. The number of nitrogens with zero attached hydrogens (tertiary/aromatic N) is 1. The molecule has 0 aromatic rings. The van der Waals surface area contributed by atoms with Crippen molar-refractivity contribution in [1.29, 1.82) is 0 Å². The molecule has 0 radical (unpaired) electrons. The molecule has 3 aliphatic heterocycles. The van der Waals surface area contributed by atoms with E-state index in [4.69, 9.17) is 9.47 Å². The Kier molecular flexibility index (Phi) is 5.32. The zero-order valence-corrected chi connectivity index (χ0v) is 13.4. The summed E-state index contributed by atoms with van der Waals surface area (Å²) in [6, 6.07) is -0.597. The number of amides is 3. The normalized spacial score (nSPS) is 32.5. The van der Waals surface area contributed by atoms with Crippen LogP contribution in [0.15, 0.2) is 0 Å². The van der Waals surface area contributed by atoms with E-state index in [1.807, 2.05) is 0 Å². The standard InChI is InChI=1S/C15H23N3O6/c19-13(11-9-1-2-10(24-9)12(11)14(20)21)17-15(22)16-3-4-18-5-7-23-8-6-18/h9-12H,1-8H2,(H,20,21)(H2,16,17,19,22)/t9-,10+,11?,12?/m1/s1. The predicted molar refractivity (Wildman–Crippen MR) is 81.3 cm³/mol. The van der Waals surface area contributed by atoms with Gasteiger partial charge in [-0.15, -0.1) is 0 Å². The van der Waals surface area contributed by atoms with Crippen LogP contribution in [-0.2, 0) is 19.1 Å². The molecule has 2 bridgehead atoms. The van der Waals surface area contributed by atoms with Crippen LogP contribution in [0.3, 0.4) is 0 Å². The molecule has 134 valence electrons. The molecule has 4 atom stereocenters. The molecule has 0 saturated carbocycles. The minimum absolute atomic E-state index is 0.405. The lowest BCUT2D eigenvalue weighted by Crippen LogP contribution is -2.49. The first kappa shape index (κ1) is 17.1. The second kappa shape index (κ2) is 7.45. The van der Waals surface area contributed by atoms with E-state index in [9.17, 15) is 19.5 Å². The Labute approximate surface area is 139 Å². The zero-order valence-electron chi connectivity index (χ0n) is 13.4. The summed E-state index contributed by atoms with van der Waals surface area (Å²) in [5.41, 5.74) is 0. The molecular formula is C15H23N3O6. The third kappa shape index (κ3) is 3.68. The summed E-state index contributed by atoms with van der Waals surface area (Å²) < 4.78 is 10.8. The molecule has 3 fully saturated rings. The molecule has 24 heavy (non-hydrogen) atoms. The Balaban J connectivity index is 1.44. The van der Waals surface area contributed by atoms with Crippen LogP contribution in [0.4, 0.5) is 4.79 Å². The maximum atomic E-state index is 12.3. The van der Waals surface area contributed by atoms with Gasteiger partial charge < -0.3 is 19.9 Å². The van der Waals surface area contributed by atoms with E-state index in [-0.39, 0.29) is 0 Å². The van der Waals surface area contributed by atoms with Crippen LogP contribution in [0.5, 0.6) is 0 Å². The smallest absolute Gasteiger partial charge is 0.321 e. The van der Waals surface area contributed by atoms with Crippen LogP contribution < -0.4 is 10.6 Å². The van der Waals surface area contributed by atoms with Gasteiger partial charge in [0.05, 0.1) is 37.3 Å². The molecule has 0 aromatic carbocycles. The van der Waals surface area contributed by atoms with Crippen molar-refractivity contribution < 1.29 is 29.0 Å². The second-order valence-corrected chi connectivity index (χ2v) is 6.38. The maximum Gasteiger partial charge on any atom is 0.321 e. The first-order valence-corrected chi connectivity index (χ1v) is 8.33. The number of carboxylic acid groups (broad SMARTS) is 1. The van der Waals surface area contributed by atoms with Gasteiger partial charge in [-0.2, -0.15) is 0 Å². The molecule has 9 heteroatoms. The predicted octanol–water partition coefficient (Wildman–Crippen LogP) is -0.977. The number of urea groups is 1. The van der Waals surface area contributed by atoms with Gasteiger partial charge in [0.15, 0.2) is 0 Å². The van der Waals surface area contributed by atoms with Crippen molar-refractivity contribution >= 4 is 17.9 Å². The summed E-state index contributed by atoms with van der Waals surface area (Å²) in [7, 11) is 0. The minimum atomic E-state index is -1.05. The number of carbonyl (C=O) groups is 3. The van der Waals surface area contributed by atoms with Crippen LogP contribution >= 0.6 is 0 Å². The van der Waals surface area contributed by atoms with Gasteiger partial charge in [0.1, 0.15) is 0 Å². The highest BCUT2D eigenvalue weighted by atomic mass is 16.5. The molecule has 3 heterocycles. The van der Waals surface area contributed by atoms with Crippen LogP contribution in [0.2, 0.25) is 0 Å². The highest BCUT2D eigenvalue weighted by Crippen LogP contribution is 2.43. The number of fused-ring (bicyclic) bond motifs is 2. The van der Waals surface area contributed by atoms with E-state index >= 15 is 0 Å². The first-order chi connectivity index (χ1) is 11.6. The summed E-state index contributed by atoms with van der Waals surface area (Å²) in [6.45, 7) is 4.11. The number of carboxylic acids is 1. The van der Waals surface area contributed by atoms with Crippen molar-refractivity contribution in [2.75, 3.05) is 39.4 Å². The second-order valence-electron chi connectivity index (χ2n) is 6.38. The Morgan fingerprint density at radius 2 is 1.75 bits per heavy atom. The van der Waals surface area contributed by atoms with Gasteiger partial charge in [-0.3, -0.25) is 19.8 Å². The average Bonchev–Trinajstić information content (AvgIpc) is 3.16. The molecule has 3 rings (SSSR count). The van der Waals surface area contributed by atoms with E-state index in [0.717, 1.165) is 13.1 Å². The lowest BCUT2D eigenvalue weighted by Gasteiger charge is -2.26. The molecule has 3 saturated heterocycles. The molecule has 9 nitrogen and oxygen atoms in total. The van der Waals surface area contributed by atoms with Crippen molar-refractivity contribution in [2.45, 2.75) is 25.0 Å². The van der Waals surface area contributed by atoms with Crippen molar-refractivity contribution in [2.24, 2.45) is 11.8 Å². The number of morpholine rings is 1. The van der Waals surface area contributed by atoms with Crippen LogP contribution in [0, 0.1) is 11.8 Å². The molecule has 0 aliphatic carbocycles. The highest BCUT2D eigenvalue weighted by molar-refractivity contribution is 5.97. The third-order valence-corrected chi connectivity index (χ3v) is 4.92. The zero-order chi connectivity index (χ0) is 17.1. The quantitative estimate of drug-likeness (QED) is 0.588. The van der Waals surface area contributed by atoms with Gasteiger partial charge in [0.25, 0.3) is 0 Å². The molecule has 0 aromatic heterocycles. The van der Waals surface area contributed by atoms with E-state index in [0.29, 0.717) is 39.1 Å². The summed E-state index contributed by atoms with van der Waals surface area (Å²) in [5, 5.41) is 14.2. The van der Waals surface area contributed by atoms with Gasteiger partial charge in [-0.1, -0.05) is 0 Å². The average molecular weight is 341 g/mol. The minimum Gasteiger partial charge on any atom is -0.481 e. The highest BCUT2D eigenvalue weighted by Gasteiger charge is 2.55. The van der Waals surface area contributed by atoms with Crippen molar-refractivity contribution in [3.8, 4) is 0 Å². The fourth-order valence-electron chi connectivity index (χ4n) is 3.72. The van der Waals surface area contributed by atoms with E-state index in [2.05, 4.69) is 15.5 Å². The van der Waals surface area contributed by atoms with Crippen molar-refractivity contribution in [3.05, 3.63) is 0 Å². The Morgan fingerprint density at radius 1 is 1.08 bits per heavy atom. The molecule has 3 amide bonds. The lowest BCUT2D eigenvalue weighted by atomic mass is 9.79. The Morgan fingerprint density at radius 3 is 2.42 bits per heavy atom. The number of nitrogens with one attached hydrogen (secondary N) is 2.